The number of amides is 1. The lowest BCUT2D eigenvalue weighted by Crippen LogP contribution is -2.53. The second-order valence-electron chi connectivity index (χ2n) is 7.48. The first-order valence-corrected chi connectivity index (χ1v) is 8.35. The summed E-state index contributed by atoms with van der Waals surface area (Å²) in [6.45, 7) is 10.2. The average molecular weight is 327 g/mol. The maximum absolute atomic E-state index is 12.8. The largest absolute Gasteiger partial charge is 0.441 e. The van der Waals surface area contributed by atoms with Crippen molar-refractivity contribution >= 4 is 16.9 Å². The molecule has 0 aliphatic carbocycles. The molecule has 2 aromatic rings. The number of carbonyl (C=O) groups is 1. The van der Waals surface area contributed by atoms with Gasteiger partial charge in [0.15, 0.2) is 0 Å². The first-order chi connectivity index (χ1) is 11.2. The lowest BCUT2D eigenvalue weighted by atomic mass is 10.0. The molecule has 4 heteroatoms. The Morgan fingerprint density at radius 2 is 1.79 bits per heavy atom. The summed E-state index contributed by atoms with van der Waals surface area (Å²) in [4.78, 5) is 14.5. The summed E-state index contributed by atoms with van der Waals surface area (Å²) < 4.78 is 11.6. The summed E-state index contributed by atoms with van der Waals surface area (Å²) in [6.07, 6.45) is -0.682. The van der Waals surface area contributed by atoms with Crippen LogP contribution in [0.15, 0.2) is 42.5 Å². The summed E-state index contributed by atoms with van der Waals surface area (Å²) in [5, 5.41) is 2.25. The van der Waals surface area contributed by atoms with E-state index in [0.717, 1.165) is 16.3 Å². The molecule has 1 aliphatic heterocycles. The van der Waals surface area contributed by atoms with Gasteiger partial charge in [0.2, 0.25) is 0 Å². The van der Waals surface area contributed by atoms with Gasteiger partial charge in [-0.15, -0.1) is 0 Å². The summed E-state index contributed by atoms with van der Waals surface area (Å²) in [6, 6.07) is 14.2. The zero-order valence-corrected chi connectivity index (χ0v) is 15.0. The molecule has 0 spiro atoms. The van der Waals surface area contributed by atoms with E-state index >= 15 is 0 Å². The Morgan fingerprint density at radius 3 is 2.46 bits per heavy atom. The van der Waals surface area contributed by atoms with Crippen LogP contribution in [-0.4, -0.2) is 28.9 Å². The molecule has 1 aliphatic rings. The molecule has 24 heavy (non-hydrogen) atoms. The van der Waals surface area contributed by atoms with Crippen molar-refractivity contribution in [3.63, 3.8) is 0 Å². The number of nitrogens with zero attached hydrogens (tertiary/aromatic N) is 1. The summed E-state index contributed by atoms with van der Waals surface area (Å²) in [7, 11) is 0. The molecule has 3 rings (SSSR count). The van der Waals surface area contributed by atoms with Crippen LogP contribution in [0.2, 0.25) is 0 Å². The Labute approximate surface area is 143 Å². The number of ether oxygens (including phenoxy) is 2. The molecule has 1 saturated heterocycles. The molecule has 0 radical (unpaired) electrons. The molecule has 0 N–H and O–H groups in total. The van der Waals surface area contributed by atoms with Crippen molar-refractivity contribution in [2.75, 3.05) is 6.61 Å². The van der Waals surface area contributed by atoms with Gasteiger partial charge in [-0.1, -0.05) is 42.5 Å². The van der Waals surface area contributed by atoms with Crippen molar-refractivity contribution in [2.45, 2.75) is 52.0 Å². The van der Waals surface area contributed by atoms with Gasteiger partial charge in [-0.3, -0.25) is 4.90 Å². The maximum atomic E-state index is 12.8. The number of fused-ring (bicyclic) bond motifs is 1. The zero-order chi connectivity index (χ0) is 17.5. The molecule has 1 fully saturated rings. The molecular weight excluding hydrogens is 302 g/mol. The summed E-state index contributed by atoms with van der Waals surface area (Å²) in [5.41, 5.74) is -0.0461. The van der Waals surface area contributed by atoms with E-state index in [1.165, 1.54) is 0 Å². The molecule has 1 heterocycles. The topological polar surface area (TPSA) is 38.8 Å². The van der Waals surface area contributed by atoms with Gasteiger partial charge in [0.25, 0.3) is 0 Å². The molecule has 0 unspecified atom stereocenters. The molecule has 4 nitrogen and oxygen atoms in total. The van der Waals surface area contributed by atoms with E-state index in [1.807, 2.05) is 58.9 Å². The van der Waals surface area contributed by atoms with Crippen molar-refractivity contribution in [1.82, 2.24) is 4.90 Å². The first kappa shape index (κ1) is 16.8. The van der Waals surface area contributed by atoms with E-state index in [2.05, 4.69) is 18.2 Å². The standard InChI is InChI=1S/C20H25NO3/c1-14(16-12-8-10-15-9-6-7-11-17(15)16)24-18(22)21-19(2,3)13-23-20(21,4)5/h6-12,14H,13H2,1-5H3/t14-/m1/s1. The number of hydrogen-bond donors (Lipinski definition) is 0. The number of benzene rings is 2. The van der Waals surface area contributed by atoms with Crippen LogP contribution in [0.3, 0.4) is 0 Å². The van der Waals surface area contributed by atoms with Crippen molar-refractivity contribution in [3.8, 4) is 0 Å². The second-order valence-corrected chi connectivity index (χ2v) is 7.48. The van der Waals surface area contributed by atoms with Crippen LogP contribution in [-0.2, 0) is 9.47 Å². The van der Waals surface area contributed by atoms with Crippen molar-refractivity contribution in [1.29, 1.82) is 0 Å². The highest BCUT2D eigenvalue weighted by Gasteiger charge is 2.50. The molecule has 128 valence electrons. The van der Waals surface area contributed by atoms with Crippen LogP contribution in [0, 0.1) is 0 Å². The quantitative estimate of drug-likeness (QED) is 0.789. The predicted octanol–water partition coefficient (Wildman–Crippen LogP) is 4.88. The van der Waals surface area contributed by atoms with Gasteiger partial charge in [-0.25, -0.2) is 4.79 Å². The minimum absolute atomic E-state index is 0.337. The summed E-state index contributed by atoms with van der Waals surface area (Å²) in [5.74, 6) is 0. The third-order valence-electron chi connectivity index (χ3n) is 4.64. The van der Waals surface area contributed by atoms with Crippen LogP contribution in [0.5, 0.6) is 0 Å². The fraction of sp³-hybridized carbons (Fsp3) is 0.450. The van der Waals surface area contributed by atoms with Gasteiger partial charge in [-0.05, 0) is 45.4 Å². The van der Waals surface area contributed by atoms with Gasteiger partial charge in [0, 0.05) is 5.56 Å². The number of carbonyl (C=O) groups excluding carboxylic acids is 1. The van der Waals surface area contributed by atoms with Crippen LogP contribution in [0.4, 0.5) is 4.79 Å². The lowest BCUT2D eigenvalue weighted by molar-refractivity contribution is -0.0573. The Bertz CT molecular complexity index is 745. The maximum Gasteiger partial charge on any atom is 0.413 e. The van der Waals surface area contributed by atoms with Gasteiger partial charge in [0.05, 0.1) is 12.1 Å². The molecule has 0 bridgehead atoms. The highest BCUT2D eigenvalue weighted by atomic mass is 16.6. The fourth-order valence-electron chi connectivity index (χ4n) is 3.55. The summed E-state index contributed by atoms with van der Waals surface area (Å²) >= 11 is 0. The Morgan fingerprint density at radius 1 is 1.12 bits per heavy atom. The van der Waals surface area contributed by atoms with E-state index in [4.69, 9.17) is 9.47 Å². The van der Waals surface area contributed by atoms with E-state index in [-0.39, 0.29) is 17.7 Å². The smallest absolute Gasteiger partial charge is 0.413 e. The molecule has 0 aromatic heterocycles. The molecule has 1 amide bonds. The number of hydrogen-bond acceptors (Lipinski definition) is 3. The predicted molar refractivity (Wildman–Crippen MR) is 94.8 cm³/mol. The minimum atomic E-state index is -0.668. The molecule has 0 saturated carbocycles. The second kappa shape index (κ2) is 5.78. The van der Waals surface area contributed by atoms with Crippen molar-refractivity contribution in [3.05, 3.63) is 48.0 Å². The minimum Gasteiger partial charge on any atom is -0.441 e. The van der Waals surface area contributed by atoms with Crippen molar-refractivity contribution < 1.29 is 14.3 Å². The Kier molecular flexibility index (Phi) is 4.04. The van der Waals surface area contributed by atoms with E-state index in [0.29, 0.717) is 6.61 Å². The zero-order valence-electron chi connectivity index (χ0n) is 15.0. The van der Waals surface area contributed by atoms with E-state index in [1.54, 1.807) is 4.90 Å². The lowest BCUT2D eigenvalue weighted by Gasteiger charge is -2.37. The SMILES string of the molecule is C[C@@H](OC(=O)N1C(C)(C)COC1(C)C)c1cccc2ccccc12. The van der Waals surface area contributed by atoms with E-state index in [9.17, 15) is 4.79 Å². The first-order valence-electron chi connectivity index (χ1n) is 8.35. The molecule has 1 atom stereocenters. The highest BCUT2D eigenvalue weighted by Crippen LogP contribution is 2.36. The van der Waals surface area contributed by atoms with Crippen molar-refractivity contribution in [2.24, 2.45) is 0 Å². The van der Waals surface area contributed by atoms with Crippen LogP contribution < -0.4 is 0 Å². The average Bonchev–Trinajstić information content (AvgIpc) is 2.74. The third kappa shape index (κ3) is 2.86. The number of rotatable bonds is 2. The highest BCUT2D eigenvalue weighted by molar-refractivity contribution is 5.86. The third-order valence-corrected chi connectivity index (χ3v) is 4.64. The fourth-order valence-corrected chi connectivity index (χ4v) is 3.55. The van der Waals surface area contributed by atoms with Crippen LogP contribution >= 0.6 is 0 Å². The van der Waals surface area contributed by atoms with E-state index < -0.39 is 5.72 Å². The molecule has 2 aromatic carbocycles. The van der Waals surface area contributed by atoms with Gasteiger partial charge in [0.1, 0.15) is 11.8 Å². The van der Waals surface area contributed by atoms with Gasteiger partial charge < -0.3 is 9.47 Å². The Hall–Kier alpha value is -2.07. The monoisotopic (exact) mass is 327 g/mol. The normalized spacial score (nSPS) is 20.1. The van der Waals surface area contributed by atoms with Crippen LogP contribution in [0.25, 0.3) is 10.8 Å². The van der Waals surface area contributed by atoms with Gasteiger partial charge in [-0.2, -0.15) is 0 Å². The van der Waals surface area contributed by atoms with Gasteiger partial charge >= 0.3 is 6.09 Å². The Balaban J connectivity index is 1.86. The van der Waals surface area contributed by atoms with Crippen LogP contribution in [0.1, 0.15) is 46.3 Å². The molecular formula is C20H25NO3.